The molecule has 0 aliphatic heterocycles. The second-order valence-electron chi connectivity index (χ2n) is 9.89. The third-order valence-electron chi connectivity index (χ3n) is 8.54. The van der Waals surface area contributed by atoms with Crippen LogP contribution in [0.25, 0.3) is 22.3 Å². The van der Waals surface area contributed by atoms with E-state index in [-0.39, 0.29) is 0 Å². The van der Waals surface area contributed by atoms with E-state index in [4.69, 9.17) is 0 Å². The Morgan fingerprint density at radius 3 is 0.903 bits per heavy atom. The highest BCUT2D eigenvalue weighted by Crippen LogP contribution is 2.23. The van der Waals surface area contributed by atoms with Crippen molar-refractivity contribution in [2.75, 3.05) is 0 Å². The van der Waals surface area contributed by atoms with E-state index in [1.54, 1.807) is 0 Å². The van der Waals surface area contributed by atoms with Gasteiger partial charge in [-0.3, -0.25) is 0 Å². The maximum atomic E-state index is 2.39. The topological polar surface area (TPSA) is 0 Å². The monoisotopic (exact) mass is 386 g/mol. The highest BCUT2D eigenvalue weighted by atomic mass is 14.2. The van der Waals surface area contributed by atoms with E-state index < -0.39 is 0 Å². The van der Waals surface area contributed by atoms with Crippen molar-refractivity contribution < 1.29 is 0 Å². The van der Waals surface area contributed by atoms with E-state index in [9.17, 15) is 0 Å². The largest absolute Gasteiger partial charge is 0.140 e. The van der Waals surface area contributed by atoms with Crippen LogP contribution in [-0.4, -0.2) is 102 Å². The molecule has 0 N–H and O–H groups in total. The lowest BCUT2D eigenvalue weighted by Crippen LogP contribution is -2.57. The number of benzene rings is 3. The predicted molar refractivity (Wildman–Crippen MR) is 184 cm³/mol. The van der Waals surface area contributed by atoms with Gasteiger partial charge in [-0.05, 0) is 22.3 Å². The van der Waals surface area contributed by atoms with E-state index >= 15 is 0 Å². The molecule has 0 bridgehead atoms. The molecule has 0 radical (unpaired) electrons. The van der Waals surface area contributed by atoms with Gasteiger partial charge in [-0.25, -0.2) is 0 Å². The van der Waals surface area contributed by atoms with E-state index in [1.165, 1.54) is 93.3 Å². The Bertz CT molecular complexity index is 1200. The van der Waals surface area contributed by atoms with Crippen LogP contribution in [0.3, 0.4) is 0 Å². The zero-order valence-corrected chi connectivity index (χ0v) is 22.1. The van der Waals surface area contributed by atoms with Gasteiger partial charge in [0.2, 0.25) is 0 Å². The zero-order valence-electron chi connectivity index (χ0n) is 22.1. The molecule has 0 aliphatic rings. The molecule has 3 aromatic rings. The average Bonchev–Trinajstić information content (AvgIpc) is 2.73. The molecule has 0 aliphatic carbocycles. The minimum absolute atomic E-state index is 1.38. The molecule has 13 heteroatoms. The molecule has 0 fully saturated rings. The van der Waals surface area contributed by atoms with Crippen molar-refractivity contribution in [2.45, 2.75) is 0 Å². The SMILES string of the molecule is Bc1cc(B)c(-c2c(B)c(B)c(B)c(B)c2B)c(-c2c(B)c(B)c(B)c(B)c2B)c1B. The first-order chi connectivity index (χ1) is 14.3. The summed E-state index contributed by atoms with van der Waals surface area (Å²) in [5.41, 5.74) is 24.1. The Morgan fingerprint density at radius 1 is 0.258 bits per heavy atom. The Morgan fingerprint density at radius 2 is 0.548 bits per heavy atom. The van der Waals surface area contributed by atoms with Crippen molar-refractivity contribution >= 4 is 173 Å². The Hall–Kier alpha value is -1.50. The first kappa shape index (κ1) is 24.2. The molecule has 0 saturated heterocycles. The number of rotatable bonds is 2. The van der Waals surface area contributed by atoms with Crippen LogP contribution in [0.1, 0.15) is 0 Å². The summed E-state index contributed by atoms with van der Waals surface area (Å²) in [6, 6.07) is 2.39. The maximum absolute atomic E-state index is 2.39. The smallest absolute Gasteiger partial charge is 0.102 e. The molecule has 3 aromatic carbocycles. The lowest BCUT2D eigenvalue weighted by molar-refractivity contribution is 1.78. The van der Waals surface area contributed by atoms with Gasteiger partial charge >= 0.3 is 0 Å². The fourth-order valence-electron chi connectivity index (χ4n) is 5.47. The highest BCUT2D eigenvalue weighted by molar-refractivity contribution is 6.71. The van der Waals surface area contributed by atoms with Crippen molar-refractivity contribution in [3.63, 3.8) is 0 Å². The maximum Gasteiger partial charge on any atom is 0.140 e. The van der Waals surface area contributed by atoms with Gasteiger partial charge in [0.05, 0.1) is 0 Å². The van der Waals surface area contributed by atoms with Gasteiger partial charge in [-0.15, -0.1) is 32.8 Å². The third kappa shape index (κ3) is 3.61. The second kappa shape index (κ2) is 8.45. The standard InChI is InChI=1S/C18H27B13/c19-2-1-3(20)8(21)5(7-11(24)15(28)18(31)16(29)12(7)25)4(2)6-9(22)13(26)17(30)14(27)10(6)23/h1H,19-31H2. The molecule has 0 unspecified atom stereocenters. The van der Waals surface area contributed by atoms with Crippen LogP contribution in [0.5, 0.6) is 0 Å². The predicted octanol–water partition coefficient (Wildman–Crippen LogP) is -17.6. The lowest BCUT2D eigenvalue weighted by Gasteiger charge is -2.29. The van der Waals surface area contributed by atoms with Gasteiger partial charge in [0, 0.05) is 0 Å². The molecule has 0 saturated carbocycles. The molecule has 0 aromatic heterocycles. The van der Waals surface area contributed by atoms with Gasteiger partial charge in [0.25, 0.3) is 0 Å². The summed E-state index contributed by atoms with van der Waals surface area (Å²) >= 11 is 0. The van der Waals surface area contributed by atoms with Crippen molar-refractivity contribution in [1.29, 1.82) is 0 Å². The number of hydrogen-bond acceptors (Lipinski definition) is 0. The van der Waals surface area contributed by atoms with Crippen LogP contribution in [0.2, 0.25) is 0 Å². The average molecular weight is 384 g/mol. The Labute approximate surface area is 201 Å². The van der Waals surface area contributed by atoms with Gasteiger partial charge < -0.3 is 0 Å². The Balaban J connectivity index is 2.64. The summed E-state index contributed by atoms with van der Waals surface area (Å²) in [5.74, 6) is 0. The van der Waals surface area contributed by atoms with Crippen LogP contribution < -0.4 is 71.0 Å². The summed E-state index contributed by atoms with van der Waals surface area (Å²) in [6.07, 6.45) is 0. The minimum atomic E-state index is 1.38. The van der Waals surface area contributed by atoms with Gasteiger partial charge in [0.15, 0.2) is 0 Å². The molecular weight excluding hydrogens is 357 g/mol. The fraction of sp³-hybridized carbons (Fsp3) is 0. The third-order valence-corrected chi connectivity index (χ3v) is 8.54. The number of hydrogen-bond donors (Lipinski definition) is 0. The molecule has 138 valence electrons. The van der Waals surface area contributed by atoms with E-state index in [0.29, 0.717) is 0 Å². The molecule has 0 atom stereocenters. The molecule has 0 nitrogen and oxygen atoms in total. The molecule has 3 rings (SSSR count). The van der Waals surface area contributed by atoms with Crippen LogP contribution in [0.4, 0.5) is 0 Å². The second-order valence-corrected chi connectivity index (χ2v) is 9.89. The summed E-state index contributed by atoms with van der Waals surface area (Å²) in [4.78, 5) is 0. The van der Waals surface area contributed by atoms with Crippen molar-refractivity contribution in [3.05, 3.63) is 6.07 Å². The lowest BCUT2D eigenvalue weighted by atomic mass is 9.55. The van der Waals surface area contributed by atoms with Crippen LogP contribution in [-0.2, 0) is 0 Å². The Kier molecular flexibility index (Phi) is 6.59. The summed E-state index contributed by atoms with van der Waals surface area (Å²) in [5, 5.41) is 0. The van der Waals surface area contributed by atoms with Crippen molar-refractivity contribution in [2.24, 2.45) is 0 Å². The van der Waals surface area contributed by atoms with Gasteiger partial charge in [-0.2, -0.15) is 0 Å². The van der Waals surface area contributed by atoms with E-state index in [0.717, 1.165) is 0 Å². The quantitative estimate of drug-likeness (QED) is 0.386. The van der Waals surface area contributed by atoms with Gasteiger partial charge in [-0.1, -0.05) is 44.3 Å². The van der Waals surface area contributed by atoms with E-state index in [1.807, 2.05) is 0 Å². The molecular formula is C18H27B13. The summed E-state index contributed by atoms with van der Waals surface area (Å²) < 4.78 is 0. The first-order valence-corrected chi connectivity index (χ1v) is 11.6. The molecule has 0 heterocycles. The van der Waals surface area contributed by atoms with E-state index in [2.05, 4.69) is 108 Å². The molecule has 0 amide bonds. The highest BCUT2D eigenvalue weighted by Gasteiger charge is 2.23. The minimum Gasteiger partial charge on any atom is -0.102 e. The van der Waals surface area contributed by atoms with Gasteiger partial charge in [0.1, 0.15) is 102 Å². The summed E-state index contributed by atoms with van der Waals surface area (Å²) in [7, 11) is 29.8. The molecule has 31 heavy (non-hydrogen) atoms. The van der Waals surface area contributed by atoms with Crippen LogP contribution in [0.15, 0.2) is 6.07 Å². The summed E-state index contributed by atoms with van der Waals surface area (Å²) in [6.45, 7) is 0. The van der Waals surface area contributed by atoms with Crippen molar-refractivity contribution in [1.82, 2.24) is 0 Å². The van der Waals surface area contributed by atoms with Crippen molar-refractivity contribution in [3.8, 4) is 22.3 Å². The molecule has 0 spiro atoms. The van der Waals surface area contributed by atoms with Crippen LogP contribution in [0, 0.1) is 0 Å². The first-order valence-electron chi connectivity index (χ1n) is 11.6. The normalized spacial score (nSPS) is 11.0. The zero-order chi connectivity index (χ0) is 23.5. The van der Waals surface area contributed by atoms with Crippen LogP contribution >= 0.6 is 0 Å². The fourth-order valence-corrected chi connectivity index (χ4v) is 5.47.